The average Bonchev–Trinajstić information content (AvgIpc) is 1.97. The fourth-order valence-electron chi connectivity index (χ4n) is 15.3. The van der Waals surface area contributed by atoms with Gasteiger partial charge < -0.3 is 35.6 Å². The SMILES string of the molecule is CCCCCCCCCCCCCCCCCCCCCCCCCCCCCCCCCCCCCCCCCCCCCCCCC(=O)NC(COC1CCCC(O)C(O)C1O)C(O)C(O)CCCCCCCCCCCCCCCCCCCCCCCCCCC. The van der Waals surface area contributed by atoms with Gasteiger partial charge >= 0.3 is 0 Å². The zero-order chi connectivity index (χ0) is 68.5. The number of ether oxygens (including phenoxy) is 1. The third-order valence-corrected chi connectivity index (χ3v) is 22.1. The lowest BCUT2D eigenvalue weighted by atomic mass is 9.98. The molecule has 1 rings (SSSR count). The van der Waals surface area contributed by atoms with Crippen LogP contribution in [0, 0.1) is 0 Å². The van der Waals surface area contributed by atoms with Gasteiger partial charge in [-0.1, -0.05) is 463 Å². The van der Waals surface area contributed by atoms with Crippen molar-refractivity contribution in [3.8, 4) is 0 Å². The summed E-state index contributed by atoms with van der Waals surface area (Å²) in [5, 5.41) is 56.9. The van der Waals surface area contributed by atoms with Crippen LogP contribution in [0.3, 0.4) is 0 Å². The number of aliphatic hydroxyl groups is 5. The summed E-state index contributed by atoms with van der Waals surface area (Å²) >= 11 is 0. The van der Waals surface area contributed by atoms with Gasteiger partial charge in [-0.2, -0.15) is 0 Å². The molecule has 0 bridgehead atoms. The molecule has 95 heavy (non-hydrogen) atoms. The molecule has 8 nitrogen and oxygen atoms in total. The van der Waals surface area contributed by atoms with Gasteiger partial charge in [-0.3, -0.25) is 4.79 Å². The normalized spacial score (nSPS) is 17.0. The maximum atomic E-state index is 13.3. The minimum absolute atomic E-state index is 0.0895. The Morgan fingerprint density at radius 1 is 0.316 bits per heavy atom. The highest BCUT2D eigenvalue weighted by Gasteiger charge is 2.36. The lowest BCUT2D eigenvalue weighted by molar-refractivity contribution is -0.132. The van der Waals surface area contributed by atoms with Gasteiger partial charge in [0.05, 0.1) is 31.0 Å². The Labute approximate surface area is 594 Å². The average molecular weight is 1350 g/mol. The quantitative estimate of drug-likeness (QED) is 0.0263. The summed E-state index contributed by atoms with van der Waals surface area (Å²) in [6, 6.07) is -0.841. The van der Waals surface area contributed by atoms with Crippen LogP contribution in [0.2, 0.25) is 0 Å². The molecular formula is C87H173NO7. The van der Waals surface area contributed by atoms with Gasteiger partial charge in [-0.05, 0) is 32.1 Å². The van der Waals surface area contributed by atoms with Gasteiger partial charge in [0, 0.05) is 6.42 Å². The summed E-state index contributed by atoms with van der Waals surface area (Å²) in [7, 11) is 0. The number of nitrogens with one attached hydrogen (secondary N) is 1. The third kappa shape index (κ3) is 65.0. The van der Waals surface area contributed by atoms with E-state index in [4.69, 9.17) is 4.74 Å². The van der Waals surface area contributed by atoms with Gasteiger partial charge in [-0.25, -0.2) is 0 Å². The predicted molar refractivity (Wildman–Crippen MR) is 414 cm³/mol. The van der Waals surface area contributed by atoms with Crippen LogP contribution in [0.25, 0.3) is 0 Å². The molecule has 0 heterocycles. The van der Waals surface area contributed by atoms with Gasteiger partial charge in [0.25, 0.3) is 0 Å². The number of unbranched alkanes of at least 4 members (excludes halogenated alkanes) is 69. The predicted octanol–water partition coefficient (Wildman–Crippen LogP) is 26.4. The number of rotatable bonds is 79. The molecule has 0 saturated heterocycles. The third-order valence-electron chi connectivity index (χ3n) is 22.1. The Morgan fingerprint density at radius 3 is 0.779 bits per heavy atom. The Morgan fingerprint density at radius 2 is 0.537 bits per heavy atom. The Kier molecular flexibility index (Phi) is 73.7. The summed E-state index contributed by atoms with van der Waals surface area (Å²) in [4.78, 5) is 13.3. The highest BCUT2D eigenvalue weighted by atomic mass is 16.5. The molecule has 8 heteroatoms. The molecule has 0 aromatic rings. The smallest absolute Gasteiger partial charge is 0.220 e. The van der Waals surface area contributed by atoms with E-state index >= 15 is 0 Å². The van der Waals surface area contributed by atoms with E-state index in [0.717, 1.165) is 38.5 Å². The van der Waals surface area contributed by atoms with Crippen LogP contribution >= 0.6 is 0 Å². The van der Waals surface area contributed by atoms with Crippen LogP contribution in [-0.2, 0) is 9.53 Å². The number of hydrogen-bond acceptors (Lipinski definition) is 7. The molecule has 1 fully saturated rings. The van der Waals surface area contributed by atoms with Crippen molar-refractivity contribution in [2.45, 2.75) is 544 Å². The van der Waals surface area contributed by atoms with Crippen LogP contribution in [0.1, 0.15) is 502 Å². The van der Waals surface area contributed by atoms with Crippen molar-refractivity contribution in [2.75, 3.05) is 6.61 Å². The van der Waals surface area contributed by atoms with E-state index < -0.39 is 42.7 Å². The fourth-order valence-corrected chi connectivity index (χ4v) is 15.3. The van der Waals surface area contributed by atoms with Gasteiger partial charge in [0.15, 0.2) is 0 Å². The highest BCUT2D eigenvalue weighted by molar-refractivity contribution is 5.76. The molecule has 1 saturated carbocycles. The summed E-state index contributed by atoms with van der Waals surface area (Å²) < 4.78 is 6.06. The first-order valence-electron chi connectivity index (χ1n) is 44.1. The Hall–Kier alpha value is -0.770. The molecule has 0 spiro atoms. The van der Waals surface area contributed by atoms with Crippen molar-refractivity contribution >= 4 is 5.91 Å². The number of carbonyl (C=O) groups excluding carboxylic acids is 1. The first-order valence-corrected chi connectivity index (χ1v) is 44.1. The molecule has 568 valence electrons. The fraction of sp³-hybridized carbons (Fsp3) is 0.989. The molecular weight excluding hydrogens is 1170 g/mol. The van der Waals surface area contributed by atoms with E-state index in [1.165, 1.54) is 417 Å². The standard InChI is InChI=1S/C87H173NO7/c1-3-5-7-9-11-13-15-17-19-21-23-25-27-29-30-31-32-33-34-35-36-37-38-39-40-41-42-43-44-45-46-47-48-49-51-53-55-57-59-61-63-65-67-69-71-73-78-84(91)88-80(79-95-83-77-74-76-82(90)86(93)87(83)94)85(92)81(89)75-72-70-68-66-64-62-60-58-56-54-52-50-28-26-24-22-20-18-16-14-12-10-8-6-4-2/h80-83,85-87,89-90,92-94H,3-79H2,1-2H3,(H,88,91). The van der Waals surface area contributed by atoms with Crippen LogP contribution in [0.15, 0.2) is 0 Å². The molecule has 1 amide bonds. The second kappa shape index (κ2) is 75.9. The van der Waals surface area contributed by atoms with Crippen molar-refractivity contribution in [3.63, 3.8) is 0 Å². The molecule has 0 aromatic heterocycles. The van der Waals surface area contributed by atoms with E-state index in [2.05, 4.69) is 19.2 Å². The molecule has 7 atom stereocenters. The summed E-state index contributed by atoms with van der Waals surface area (Å²) in [5.74, 6) is -0.163. The van der Waals surface area contributed by atoms with E-state index in [9.17, 15) is 30.3 Å². The number of aliphatic hydroxyl groups excluding tert-OH is 5. The van der Waals surface area contributed by atoms with Gasteiger partial charge in [-0.15, -0.1) is 0 Å². The highest BCUT2D eigenvalue weighted by Crippen LogP contribution is 2.25. The van der Waals surface area contributed by atoms with Crippen LogP contribution in [0.4, 0.5) is 0 Å². The summed E-state index contributed by atoms with van der Waals surface area (Å²) in [6.07, 6.45) is 93.8. The van der Waals surface area contributed by atoms with Gasteiger partial charge in [0.2, 0.25) is 5.91 Å². The van der Waals surface area contributed by atoms with E-state index in [0.29, 0.717) is 32.1 Å². The molecule has 1 aliphatic rings. The Bertz CT molecular complexity index is 1470. The molecule has 0 aliphatic heterocycles. The van der Waals surface area contributed by atoms with Crippen molar-refractivity contribution in [1.29, 1.82) is 0 Å². The van der Waals surface area contributed by atoms with E-state index in [1.54, 1.807) is 0 Å². The summed E-state index contributed by atoms with van der Waals surface area (Å²) in [6.45, 7) is 4.51. The molecule has 6 N–H and O–H groups in total. The second-order valence-electron chi connectivity index (χ2n) is 31.5. The zero-order valence-electron chi connectivity index (χ0n) is 64.5. The lowest BCUT2D eigenvalue weighted by Gasteiger charge is -2.31. The van der Waals surface area contributed by atoms with Crippen LogP contribution in [-0.4, -0.2) is 80.7 Å². The first kappa shape index (κ1) is 92.2. The molecule has 1 aliphatic carbocycles. The van der Waals surface area contributed by atoms with E-state index in [1.807, 2.05) is 0 Å². The summed E-state index contributed by atoms with van der Waals surface area (Å²) in [5.41, 5.74) is 0. The van der Waals surface area contributed by atoms with Crippen LogP contribution < -0.4 is 5.32 Å². The molecule has 7 unspecified atom stereocenters. The van der Waals surface area contributed by atoms with E-state index in [-0.39, 0.29) is 12.5 Å². The zero-order valence-corrected chi connectivity index (χ0v) is 64.5. The van der Waals surface area contributed by atoms with Crippen molar-refractivity contribution in [1.82, 2.24) is 5.32 Å². The minimum Gasteiger partial charge on any atom is -0.390 e. The number of hydrogen-bond donors (Lipinski definition) is 6. The van der Waals surface area contributed by atoms with Crippen molar-refractivity contribution in [3.05, 3.63) is 0 Å². The van der Waals surface area contributed by atoms with Crippen molar-refractivity contribution < 1.29 is 35.1 Å². The largest absolute Gasteiger partial charge is 0.390 e. The monoisotopic (exact) mass is 1340 g/mol. The molecule has 0 aromatic carbocycles. The second-order valence-corrected chi connectivity index (χ2v) is 31.5. The number of carbonyl (C=O) groups is 1. The molecule has 0 radical (unpaired) electrons. The minimum atomic E-state index is -1.31. The maximum absolute atomic E-state index is 13.3. The Balaban J connectivity index is 1.97. The lowest BCUT2D eigenvalue weighted by Crippen LogP contribution is -2.52. The maximum Gasteiger partial charge on any atom is 0.220 e. The topological polar surface area (TPSA) is 139 Å². The number of amides is 1. The first-order chi connectivity index (χ1) is 46.8. The van der Waals surface area contributed by atoms with Crippen LogP contribution in [0.5, 0.6) is 0 Å². The van der Waals surface area contributed by atoms with Gasteiger partial charge in [0.1, 0.15) is 18.3 Å². The van der Waals surface area contributed by atoms with Crippen molar-refractivity contribution in [2.24, 2.45) is 0 Å².